The fourth-order valence-electron chi connectivity index (χ4n) is 1.42. The summed E-state index contributed by atoms with van der Waals surface area (Å²) in [6.45, 7) is 0. The fourth-order valence-corrected chi connectivity index (χ4v) is 3.33. The molecule has 0 aliphatic heterocycles. The fraction of sp³-hybridized carbons (Fsp3) is 0.0769. The second kappa shape index (κ2) is 6.39. The van der Waals surface area contributed by atoms with Crippen molar-refractivity contribution in [3.8, 4) is 17.6 Å². The highest BCUT2D eigenvalue weighted by molar-refractivity contribution is 9.13. The van der Waals surface area contributed by atoms with Crippen molar-refractivity contribution in [1.82, 2.24) is 0 Å². The summed E-state index contributed by atoms with van der Waals surface area (Å²) in [6, 6.07) is 8.28. The Kier molecular flexibility index (Phi) is 4.81. The van der Waals surface area contributed by atoms with E-state index in [-0.39, 0.29) is 5.75 Å². The van der Waals surface area contributed by atoms with Crippen LogP contribution in [0, 0.1) is 11.3 Å². The first kappa shape index (κ1) is 15.0. The largest absolute Gasteiger partial charge is 0.493 e. The standard InChI is InChI=1S/C13H7Br2NO3S/c1-18-10-4-7(6-16)2-3-9(10)19-13(17)11-5-8(14)12(15)20-11/h2-5H,1H3. The van der Waals surface area contributed by atoms with Crippen LogP contribution in [-0.2, 0) is 0 Å². The van der Waals surface area contributed by atoms with Crippen LogP contribution in [0.25, 0.3) is 0 Å². The third-order valence-corrected chi connectivity index (χ3v) is 5.58. The summed E-state index contributed by atoms with van der Waals surface area (Å²) in [6.07, 6.45) is 0. The number of hydrogen-bond donors (Lipinski definition) is 0. The number of carbonyl (C=O) groups is 1. The number of esters is 1. The third-order valence-electron chi connectivity index (χ3n) is 2.34. The second-order valence-corrected chi connectivity index (χ2v) is 6.82. The van der Waals surface area contributed by atoms with E-state index in [1.165, 1.54) is 30.6 Å². The molecular formula is C13H7Br2NO3S. The molecule has 0 bridgehead atoms. The van der Waals surface area contributed by atoms with E-state index in [1.807, 2.05) is 6.07 Å². The first-order valence-electron chi connectivity index (χ1n) is 5.30. The second-order valence-electron chi connectivity index (χ2n) is 3.60. The van der Waals surface area contributed by atoms with Crippen LogP contribution in [0.5, 0.6) is 11.5 Å². The van der Waals surface area contributed by atoms with Crippen molar-refractivity contribution < 1.29 is 14.3 Å². The molecule has 0 saturated heterocycles. The van der Waals surface area contributed by atoms with Gasteiger partial charge in [0.05, 0.1) is 22.5 Å². The minimum Gasteiger partial charge on any atom is -0.493 e. The molecule has 1 aromatic carbocycles. The number of rotatable bonds is 3. The summed E-state index contributed by atoms with van der Waals surface area (Å²) in [4.78, 5) is 12.5. The van der Waals surface area contributed by atoms with Crippen LogP contribution in [0.2, 0.25) is 0 Å². The molecular weight excluding hydrogens is 410 g/mol. The molecule has 1 aromatic heterocycles. The summed E-state index contributed by atoms with van der Waals surface area (Å²) in [5.41, 5.74) is 0.434. The van der Waals surface area contributed by atoms with Crippen LogP contribution < -0.4 is 9.47 Å². The zero-order chi connectivity index (χ0) is 14.7. The molecule has 102 valence electrons. The molecule has 0 aliphatic rings. The molecule has 0 aliphatic carbocycles. The maximum absolute atomic E-state index is 12.0. The van der Waals surface area contributed by atoms with Gasteiger partial charge in [0, 0.05) is 10.5 Å². The van der Waals surface area contributed by atoms with E-state index in [4.69, 9.17) is 14.7 Å². The van der Waals surface area contributed by atoms with Gasteiger partial charge >= 0.3 is 5.97 Å². The van der Waals surface area contributed by atoms with Crippen LogP contribution in [0.4, 0.5) is 0 Å². The lowest BCUT2D eigenvalue weighted by atomic mass is 10.2. The first-order chi connectivity index (χ1) is 9.55. The van der Waals surface area contributed by atoms with Crippen molar-refractivity contribution in [2.75, 3.05) is 7.11 Å². The van der Waals surface area contributed by atoms with Gasteiger partial charge in [0.15, 0.2) is 11.5 Å². The Hall–Kier alpha value is -1.36. The van der Waals surface area contributed by atoms with Gasteiger partial charge < -0.3 is 9.47 Å². The van der Waals surface area contributed by atoms with Crippen molar-refractivity contribution in [1.29, 1.82) is 5.26 Å². The lowest BCUT2D eigenvalue weighted by Crippen LogP contribution is -2.07. The quantitative estimate of drug-likeness (QED) is 0.550. The zero-order valence-corrected chi connectivity index (χ0v) is 14.1. The third kappa shape index (κ3) is 3.20. The molecule has 0 amide bonds. The van der Waals surface area contributed by atoms with E-state index >= 15 is 0 Å². The van der Waals surface area contributed by atoms with E-state index in [2.05, 4.69) is 31.9 Å². The summed E-state index contributed by atoms with van der Waals surface area (Å²) >= 11 is 7.90. The van der Waals surface area contributed by atoms with Crippen LogP contribution in [0.1, 0.15) is 15.2 Å². The summed E-state index contributed by atoms with van der Waals surface area (Å²) in [5.74, 6) is 0.133. The molecule has 4 nitrogen and oxygen atoms in total. The number of methoxy groups -OCH3 is 1. The number of nitriles is 1. The minimum absolute atomic E-state index is 0.275. The highest BCUT2D eigenvalue weighted by atomic mass is 79.9. The average molecular weight is 417 g/mol. The van der Waals surface area contributed by atoms with Gasteiger partial charge in [-0.15, -0.1) is 11.3 Å². The SMILES string of the molecule is COc1cc(C#N)ccc1OC(=O)c1cc(Br)c(Br)s1. The Morgan fingerprint density at radius 2 is 2.05 bits per heavy atom. The molecule has 2 aromatic rings. The smallest absolute Gasteiger partial charge is 0.353 e. The van der Waals surface area contributed by atoms with Crippen molar-refractivity contribution >= 4 is 49.2 Å². The highest BCUT2D eigenvalue weighted by Crippen LogP contribution is 2.34. The molecule has 0 fully saturated rings. The molecule has 0 atom stereocenters. The summed E-state index contributed by atoms with van der Waals surface area (Å²) in [5, 5.41) is 8.82. The van der Waals surface area contributed by atoms with E-state index in [9.17, 15) is 4.79 Å². The minimum atomic E-state index is -0.482. The topological polar surface area (TPSA) is 59.3 Å². The monoisotopic (exact) mass is 415 g/mol. The molecule has 1 heterocycles. The number of nitrogens with zero attached hydrogens (tertiary/aromatic N) is 1. The number of hydrogen-bond acceptors (Lipinski definition) is 5. The van der Waals surface area contributed by atoms with Gasteiger partial charge in [0.1, 0.15) is 4.88 Å². The van der Waals surface area contributed by atoms with E-state index in [1.54, 1.807) is 12.1 Å². The Labute approximate surface area is 136 Å². The lowest BCUT2D eigenvalue weighted by Gasteiger charge is -2.08. The maximum Gasteiger partial charge on any atom is 0.353 e. The number of ether oxygens (including phenoxy) is 2. The maximum atomic E-state index is 12.0. The van der Waals surface area contributed by atoms with Gasteiger partial charge in [0.2, 0.25) is 0 Å². The normalized spacial score (nSPS) is 9.90. The Morgan fingerprint density at radius 3 is 2.60 bits per heavy atom. The molecule has 7 heteroatoms. The number of halogens is 2. The first-order valence-corrected chi connectivity index (χ1v) is 7.70. The van der Waals surface area contributed by atoms with Crippen molar-refractivity contribution in [3.63, 3.8) is 0 Å². The summed E-state index contributed by atoms with van der Waals surface area (Å²) < 4.78 is 12.0. The van der Waals surface area contributed by atoms with Gasteiger partial charge in [-0.2, -0.15) is 5.26 Å². The number of carbonyl (C=O) groups excluding carboxylic acids is 1. The van der Waals surface area contributed by atoms with E-state index in [0.29, 0.717) is 16.2 Å². The molecule has 2 rings (SSSR count). The van der Waals surface area contributed by atoms with Gasteiger partial charge in [-0.25, -0.2) is 4.79 Å². The number of benzene rings is 1. The molecule has 0 saturated carbocycles. The number of thiophene rings is 1. The van der Waals surface area contributed by atoms with Gasteiger partial charge in [-0.3, -0.25) is 0 Å². The van der Waals surface area contributed by atoms with Crippen LogP contribution in [0.15, 0.2) is 32.5 Å². The average Bonchev–Trinajstić information content (AvgIpc) is 2.79. The Bertz CT molecular complexity index is 687. The van der Waals surface area contributed by atoms with Gasteiger partial charge in [0.25, 0.3) is 0 Å². The molecule has 0 N–H and O–H groups in total. The van der Waals surface area contributed by atoms with Crippen molar-refractivity contribution in [2.45, 2.75) is 0 Å². The van der Waals surface area contributed by atoms with E-state index < -0.39 is 5.97 Å². The molecule has 0 spiro atoms. The zero-order valence-electron chi connectivity index (χ0n) is 10.1. The van der Waals surface area contributed by atoms with Crippen LogP contribution >= 0.6 is 43.2 Å². The van der Waals surface area contributed by atoms with Crippen molar-refractivity contribution in [2.24, 2.45) is 0 Å². The van der Waals surface area contributed by atoms with Gasteiger partial charge in [-0.1, -0.05) is 0 Å². The predicted molar refractivity (Wildman–Crippen MR) is 82.4 cm³/mol. The molecule has 20 heavy (non-hydrogen) atoms. The Balaban J connectivity index is 2.26. The Morgan fingerprint density at radius 1 is 1.30 bits per heavy atom. The van der Waals surface area contributed by atoms with Crippen molar-refractivity contribution in [3.05, 3.63) is 43.0 Å². The van der Waals surface area contributed by atoms with Gasteiger partial charge in [-0.05, 0) is 50.1 Å². The summed E-state index contributed by atoms with van der Waals surface area (Å²) in [7, 11) is 1.45. The molecule has 0 unspecified atom stereocenters. The van der Waals surface area contributed by atoms with Crippen LogP contribution in [0.3, 0.4) is 0 Å². The highest BCUT2D eigenvalue weighted by Gasteiger charge is 2.16. The lowest BCUT2D eigenvalue weighted by molar-refractivity contribution is 0.0735. The molecule has 0 radical (unpaired) electrons. The predicted octanol–water partition coefficient (Wildman–Crippen LogP) is 4.37. The van der Waals surface area contributed by atoms with Crippen LogP contribution in [-0.4, -0.2) is 13.1 Å². The van der Waals surface area contributed by atoms with E-state index in [0.717, 1.165) is 8.26 Å².